The van der Waals surface area contributed by atoms with E-state index < -0.39 is 5.41 Å². The molecule has 1 heterocycles. The number of aliphatic hydroxyl groups excluding tert-OH is 1. The van der Waals surface area contributed by atoms with Crippen LogP contribution in [0.25, 0.3) is 0 Å². The average molecular weight is 185 g/mol. The molecule has 0 amide bonds. The Hall–Kier alpha value is -0.940. The highest BCUT2D eigenvalue weighted by Crippen LogP contribution is 2.21. The maximum Gasteiger partial charge on any atom is 0.232 e. The Balaban J connectivity index is 2.91. The summed E-state index contributed by atoms with van der Waals surface area (Å²) in [5.74, 6) is 0.818. The fourth-order valence-electron chi connectivity index (χ4n) is 0.760. The highest BCUT2D eigenvalue weighted by Gasteiger charge is 2.26. The highest BCUT2D eigenvalue weighted by atomic mass is 16.4. The second-order valence-electron chi connectivity index (χ2n) is 3.78. The summed E-state index contributed by atoms with van der Waals surface area (Å²) in [6, 6.07) is -0.268. The molecular weight excluding hydrogens is 170 g/mol. The minimum Gasteiger partial charge on any atom is -0.423 e. The van der Waals surface area contributed by atoms with Gasteiger partial charge >= 0.3 is 0 Å². The van der Waals surface area contributed by atoms with Crippen LogP contribution in [-0.4, -0.2) is 21.9 Å². The van der Waals surface area contributed by atoms with E-state index in [1.807, 2.05) is 13.8 Å². The molecule has 0 aliphatic rings. The third-order valence-electron chi connectivity index (χ3n) is 1.80. The van der Waals surface area contributed by atoms with Crippen molar-refractivity contribution in [3.63, 3.8) is 0 Å². The number of aliphatic hydroxyl groups is 1. The van der Waals surface area contributed by atoms with Gasteiger partial charge in [0, 0.05) is 0 Å². The first-order valence-corrected chi connectivity index (χ1v) is 4.17. The van der Waals surface area contributed by atoms with Gasteiger partial charge in [-0.1, -0.05) is 0 Å². The summed E-state index contributed by atoms with van der Waals surface area (Å²) in [6.07, 6.45) is 0. The first kappa shape index (κ1) is 10.1. The lowest BCUT2D eigenvalue weighted by atomic mass is 9.95. The van der Waals surface area contributed by atoms with Crippen molar-refractivity contribution in [1.29, 1.82) is 0 Å². The molecule has 13 heavy (non-hydrogen) atoms. The first-order chi connectivity index (χ1) is 5.97. The molecule has 0 saturated heterocycles. The highest BCUT2D eigenvalue weighted by molar-refractivity contribution is 4.99. The summed E-state index contributed by atoms with van der Waals surface area (Å²) in [4.78, 5) is 0. The number of aromatic nitrogens is 2. The number of hydrogen-bond donors (Lipinski definition) is 2. The van der Waals surface area contributed by atoms with Gasteiger partial charge in [-0.15, -0.1) is 10.2 Å². The topological polar surface area (TPSA) is 85.2 Å². The van der Waals surface area contributed by atoms with Gasteiger partial charge in [-0.05, 0) is 20.8 Å². The molecule has 1 aromatic heterocycles. The molecule has 1 rings (SSSR count). The zero-order chi connectivity index (χ0) is 10.1. The maximum atomic E-state index is 9.04. The van der Waals surface area contributed by atoms with Gasteiger partial charge in [-0.2, -0.15) is 0 Å². The largest absolute Gasteiger partial charge is 0.423 e. The molecule has 5 nitrogen and oxygen atoms in total. The molecule has 0 aliphatic carbocycles. The van der Waals surface area contributed by atoms with Crippen molar-refractivity contribution in [2.24, 2.45) is 5.73 Å². The molecule has 0 fully saturated rings. The minimum atomic E-state index is -0.500. The Morgan fingerprint density at radius 3 is 2.54 bits per heavy atom. The van der Waals surface area contributed by atoms with Crippen LogP contribution >= 0.6 is 0 Å². The summed E-state index contributed by atoms with van der Waals surface area (Å²) in [7, 11) is 0. The van der Waals surface area contributed by atoms with Crippen LogP contribution in [0.3, 0.4) is 0 Å². The van der Waals surface area contributed by atoms with E-state index in [1.54, 1.807) is 6.92 Å². The molecule has 3 N–H and O–H groups in total. The Morgan fingerprint density at radius 1 is 1.54 bits per heavy atom. The molecular formula is C8H15N3O2. The molecule has 5 heteroatoms. The van der Waals surface area contributed by atoms with Crippen molar-refractivity contribution in [3.8, 4) is 0 Å². The lowest BCUT2D eigenvalue weighted by Gasteiger charge is -2.15. The summed E-state index contributed by atoms with van der Waals surface area (Å²) in [5.41, 5.74) is 5.05. The van der Waals surface area contributed by atoms with Crippen LogP contribution in [0.4, 0.5) is 0 Å². The van der Waals surface area contributed by atoms with Crippen molar-refractivity contribution >= 4 is 0 Å². The van der Waals surface area contributed by atoms with Gasteiger partial charge in [-0.25, -0.2) is 0 Å². The Bertz CT molecular complexity index is 281. The van der Waals surface area contributed by atoms with Crippen LogP contribution in [0.15, 0.2) is 4.42 Å². The van der Waals surface area contributed by atoms with Gasteiger partial charge in [0.1, 0.15) is 0 Å². The third-order valence-corrected chi connectivity index (χ3v) is 1.80. The fourth-order valence-corrected chi connectivity index (χ4v) is 0.760. The predicted molar refractivity (Wildman–Crippen MR) is 47.0 cm³/mol. The lowest BCUT2D eigenvalue weighted by Crippen LogP contribution is -2.22. The molecule has 0 radical (unpaired) electrons. The maximum absolute atomic E-state index is 9.04. The molecule has 0 aromatic carbocycles. The van der Waals surface area contributed by atoms with Crippen molar-refractivity contribution < 1.29 is 9.52 Å². The van der Waals surface area contributed by atoms with E-state index in [0.29, 0.717) is 11.8 Å². The Kier molecular flexibility index (Phi) is 2.68. The quantitative estimate of drug-likeness (QED) is 0.710. The molecule has 0 aliphatic heterocycles. The zero-order valence-corrected chi connectivity index (χ0v) is 8.11. The summed E-state index contributed by atoms with van der Waals surface area (Å²) in [6.45, 7) is 5.38. The number of rotatable bonds is 3. The zero-order valence-electron chi connectivity index (χ0n) is 8.11. The minimum absolute atomic E-state index is 0.0341. The van der Waals surface area contributed by atoms with E-state index in [-0.39, 0.29) is 12.6 Å². The van der Waals surface area contributed by atoms with Crippen LogP contribution in [0.1, 0.15) is 38.6 Å². The molecule has 0 bridgehead atoms. The normalized spacial score (nSPS) is 14.5. The SMILES string of the molecule is CC(N)c1nnc(C(C)(C)CO)o1. The molecule has 1 unspecified atom stereocenters. The first-order valence-electron chi connectivity index (χ1n) is 4.17. The van der Waals surface area contributed by atoms with Gasteiger partial charge < -0.3 is 15.3 Å². The standard InChI is InChI=1S/C8H15N3O2/c1-5(9)6-10-11-7(13-6)8(2,3)4-12/h5,12H,4,9H2,1-3H3. The molecule has 0 spiro atoms. The van der Waals surface area contributed by atoms with Gasteiger partial charge in [0.05, 0.1) is 18.1 Å². The van der Waals surface area contributed by atoms with Crippen LogP contribution in [0.5, 0.6) is 0 Å². The third kappa shape index (κ3) is 2.05. The summed E-state index contributed by atoms with van der Waals surface area (Å²) >= 11 is 0. The summed E-state index contributed by atoms with van der Waals surface area (Å²) < 4.78 is 5.29. The van der Waals surface area contributed by atoms with E-state index in [0.717, 1.165) is 0 Å². The Morgan fingerprint density at radius 2 is 2.15 bits per heavy atom. The van der Waals surface area contributed by atoms with Crippen LogP contribution in [0.2, 0.25) is 0 Å². The van der Waals surface area contributed by atoms with Gasteiger partial charge in [-0.3, -0.25) is 0 Å². The van der Waals surface area contributed by atoms with Crippen molar-refractivity contribution in [3.05, 3.63) is 11.8 Å². The van der Waals surface area contributed by atoms with Gasteiger partial charge in [0.15, 0.2) is 0 Å². The molecule has 74 valence electrons. The van der Waals surface area contributed by atoms with Crippen LogP contribution < -0.4 is 5.73 Å². The van der Waals surface area contributed by atoms with E-state index in [2.05, 4.69) is 10.2 Å². The smallest absolute Gasteiger partial charge is 0.232 e. The van der Waals surface area contributed by atoms with Gasteiger partial charge in [0.25, 0.3) is 0 Å². The van der Waals surface area contributed by atoms with Crippen LogP contribution in [-0.2, 0) is 5.41 Å². The number of nitrogens with two attached hydrogens (primary N) is 1. The Labute approximate surface area is 77.0 Å². The molecule has 1 atom stereocenters. The molecule has 0 saturated carbocycles. The second kappa shape index (κ2) is 3.43. The van der Waals surface area contributed by atoms with Crippen molar-refractivity contribution in [2.45, 2.75) is 32.2 Å². The van der Waals surface area contributed by atoms with Gasteiger partial charge in [0.2, 0.25) is 11.8 Å². The van der Waals surface area contributed by atoms with E-state index in [9.17, 15) is 0 Å². The second-order valence-corrected chi connectivity index (χ2v) is 3.78. The average Bonchev–Trinajstić information content (AvgIpc) is 2.52. The van der Waals surface area contributed by atoms with Crippen LogP contribution in [0, 0.1) is 0 Å². The van der Waals surface area contributed by atoms with Crippen molar-refractivity contribution in [1.82, 2.24) is 10.2 Å². The molecule has 1 aromatic rings. The van der Waals surface area contributed by atoms with E-state index in [4.69, 9.17) is 15.3 Å². The lowest BCUT2D eigenvalue weighted by molar-refractivity contribution is 0.189. The van der Waals surface area contributed by atoms with E-state index >= 15 is 0 Å². The monoisotopic (exact) mass is 185 g/mol. The number of hydrogen-bond acceptors (Lipinski definition) is 5. The van der Waals surface area contributed by atoms with Crippen molar-refractivity contribution in [2.75, 3.05) is 6.61 Å². The fraction of sp³-hybridized carbons (Fsp3) is 0.750. The summed E-state index contributed by atoms with van der Waals surface area (Å²) in [5, 5.41) is 16.6. The number of nitrogens with zero attached hydrogens (tertiary/aromatic N) is 2. The van der Waals surface area contributed by atoms with E-state index in [1.165, 1.54) is 0 Å². The predicted octanol–water partition coefficient (Wildman–Crippen LogP) is 0.359.